The number of aromatic carboxylic acids is 1. The van der Waals surface area contributed by atoms with E-state index in [1.54, 1.807) is 6.07 Å². The highest BCUT2D eigenvalue weighted by Crippen LogP contribution is 2.51. The monoisotopic (exact) mass is 765 g/mol. The lowest BCUT2D eigenvalue weighted by Crippen LogP contribution is -2.48. The summed E-state index contributed by atoms with van der Waals surface area (Å²) in [5.41, 5.74) is 16.7. The Morgan fingerprint density at radius 1 is 1.13 bits per heavy atom. The standard InChI is InChI=1S/C43H55N7O4S/c1-6-43(54-19-17-44)22-28(4)21-42(25-43,20-27(2)3)26-46-29(5)33(23-45)31-14-15-37(48-38(31)40(52)53)50-18-16-30-10-9-11-32(34(30)24-50)39(51)49-41-47-35-12-7-8-13-36(35)55-41/h7-15,23,27-28H,6,16-22,24-26,44-45H2,1-5H3,(H,52,53)(H,47,49,51). The molecule has 1 amide bonds. The van der Waals surface area contributed by atoms with E-state index in [1.807, 2.05) is 60.4 Å². The van der Waals surface area contributed by atoms with Crippen LogP contribution in [0.25, 0.3) is 15.8 Å². The third-order valence-electron chi connectivity index (χ3n) is 11.1. The van der Waals surface area contributed by atoms with Crippen LogP contribution in [0.3, 0.4) is 0 Å². The smallest absolute Gasteiger partial charge is 0.355 e. The zero-order valence-electron chi connectivity index (χ0n) is 32.7. The maximum Gasteiger partial charge on any atom is 0.355 e. The predicted molar refractivity (Wildman–Crippen MR) is 223 cm³/mol. The third kappa shape index (κ3) is 8.92. The predicted octanol–water partition coefficient (Wildman–Crippen LogP) is 7.94. The van der Waals surface area contributed by atoms with Gasteiger partial charge in [-0.1, -0.05) is 63.3 Å². The summed E-state index contributed by atoms with van der Waals surface area (Å²) < 4.78 is 7.49. The summed E-state index contributed by atoms with van der Waals surface area (Å²) in [4.78, 5) is 42.9. The number of nitrogens with zero attached hydrogens (tertiary/aromatic N) is 4. The second kappa shape index (κ2) is 17.0. The molecule has 2 aromatic carbocycles. The van der Waals surface area contributed by atoms with Gasteiger partial charge in [0.05, 0.1) is 22.4 Å². The maximum atomic E-state index is 13.6. The molecule has 11 nitrogen and oxygen atoms in total. The van der Waals surface area contributed by atoms with Gasteiger partial charge in [-0.2, -0.15) is 0 Å². The number of fused-ring (bicyclic) bond motifs is 2. The first kappa shape index (κ1) is 40.0. The molecule has 4 aromatic rings. The van der Waals surface area contributed by atoms with E-state index in [9.17, 15) is 14.7 Å². The van der Waals surface area contributed by atoms with Gasteiger partial charge in [-0.15, -0.1) is 0 Å². The first-order valence-electron chi connectivity index (χ1n) is 19.4. The Morgan fingerprint density at radius 3 is 2.64 bits per heavy atom. The summed E-state index contributed by atoms with van der Waals surface area (Å²) in [5.74, 6) is 0.0575. The number of pyridine rings is 1. The van der Waals surface area contributed by atoms with Crippen molar-refractivity contribution >= 4 is 55.7 Å². The molecule has 12 heteroatoms. The minimum atomic E-state index is -1.15. The fraction of sp³-hybridized carbons (Fsp3) is 0.465. The van der Waals surface area contributed by atoms with Crippen LogP contribution in [0.4, 0.5) is 10.9 Å². The summed E-state index contributed by atoms with van der Waals surface area (Å²) >= 11 is 1.43. The van der Waals surface area contributed by atoms with Crippen molar-refractivity contribution in [1.82, 2.24) is 9.97 Å². The molecule has 2 aliphatic rings. The number of aromatic nitrogens is 2. The van der Waals surface area contributed by atoms with Crippen LogP contribution < -0.4 is 21.7 Å². The van der Waals surface area contributed by atoms with Crippen LogP contribution in [0, 0.1) is 17.3 Å². The van der Waals surface area contributed by atoms with Gasteiger partial charge in [0.1, 0.15) is 5.82 Å². The number of rotatable bonds is 14. The molecular formula is C43H55N7O4S. The number of carboxylic acid groups (broad SMARTS) is 1. The molecule has 0 bridgehead atoms. The molecule has 6 N–H and O–H groups in total. The van der Waals surface area contributed by atoms with E-state index >= 15 is 0 Å². The fourth-order valence-corrected chi connectivity index (χ4v) is 9.96. The molecule has 1 fully saturated rings. The van der Waals surface area contributed by atoms with Crippen molar-refractivity contribution in [3.05, 3.63) is 88.7 Å². The van der Waals surface area contributed by atoms with Gasteiger partial charge in [0.2, 0.25) is 0 Å². The summed E-state index contributed by atoms with van der Waals surface area (Å²) in [5, 5.41) is 14.0. The Hall–Kier alpha value is -4.65. The molecule has 1 saturated carbocycles. The average Bonchev–Trinajstić information content (AvgIpc) is 3.58. The lowest BCUT2D eigenvalue weighted by molar-refractivity contribution is -0.120. The minimum Gasteiger partial charge on any atom is -0.476 e. The van der Waals surface area contributed by atoms with Crippen LogP contribution in [-0.2, 0) is 17.7 Å². The first-order valence-corrected chi connectivity index (χ1v) is 20.2. The molecule has 1 aliphatic heterocycles. The summed E-state index contributed by atoms with van der Waals surface area (Å²) in [6.45, 7) is 13.5. The molecule has 3 atom stereocenters. The third-order valence-corrected chi connectivity index (χ3v) is 12.1. The Labute approximate surface area is 328 Å². The van der Waals surface area contributed by atoms with Gasteiger partial charge >= 0.3 is 5.97 Å². The number of hydrogen-bond acceptors (Lipinski definition) is 10. The normalized spacial score (nSPS) is 21.9. The first-order chi connectivity index (χ1) is 26.4. The molecule has 292 valence electrons. The molecule has 0 radical (unpaired) electrons. The van der Waals surface area contributed by atoms with E-state index in [0.717, 1.165) is 53.4 Å². The van der Waals surface area contributed by atoms with Crippen molar-refractivity contribution < 1.29 is 19.4 Å². The number of thiazole rings is 1. The van der Waals surface area contributed by atoms with E-state index in [1.165, 1.54) is 17.5 Å². The Bertz CT molecular complexity index is 2060. The second-order valence-corrected chi connectivity index (χ2v) is 16.9. The van der Waals surface area contributed by atoms with Crippen molar-refractivity contribution in [2.24, 2.45) is 33.7 Å². The number of para-hydroxylation sites is 1. The average molecular weight is 766 g/mol. The molecule has 3 heterocycles. The SMILES string of the molecule is CCC1(OCCN)CC(C)CC(CN=C(C)C(=CN)c2ccc(N3CCc4cccc(C(=O)Nc5nc6ccccc6s5)c4C3)nc2C(=O)O)(CC(C)C)C1. The largest absolute Gasteiger partial charge is 0.476 e. The van der Waals surface area contributed by atoms with Gasteiger partial charge in [0.25, 0.3) is 5.91 Å². The van der Waals surface area contributed by atoms with Gasteiger partial charge in [-0.25, -0.2) is 14.8 Å². The van der Waals surface area contributed by atoms with Crippen molar-refractivity contribution in [2.75, 3.05) is 36.5 Å². The molecule has 3 unspecified atom stereocenters. The molecular weight excluding hydrogens is 711 g/mol. The maximum absolute atomic E-state index is 13.6. The number of benzene rings is 2. The van der Waals surface area contributed by atoms with Gasteiger partial charge in [0, 0.05) is 54.8 Å². The lowest BCUT2D eigenvalue weighted by atomic mass is 9.60. The molecule has 1 aliphatic carbocycles. The van der Waals surface area contributed by atoms with Crippen molar-refractivity contribution in [1.29, 1.82) is 0 Å². The number of hydrogen-bond donors (Lipinski definition) is 4. The van der Waals surface area contributed by atoms with Crippen molar-refractivity contribution in [2.45, 2.75) is 85.3 Å². The quantitative estimate of drug-likeness (QED) is 0.0932. The van der Waals surface area contributed by atoms with Crippen LogP contribution >= 0.6 is 11.3 Å². The summed E-state index contributed by atoms with van der Waals surface area (Å²) in [6, 6.07) is 17.1. The zero-order chi connectivity index (χ0) is 39.3. The van der Waals surface area contributed by atoms with E-state index in [0.29, 0.717) is 84.4 Å². The number of amides is 1. The highest BCUT2D eigenvalue weighted by atomic mass is 32.1. The van der Waals surface area contributed by atoms with Crippen molar-refractivity contribution in [3.8, 4) is 0 Å². The summed E-state index contributed by atoms with van der Waals surface area (Å²) in [7, 11) is 0. The number of anilines is 2. The van der Waals surface area contributed by atoms with E-state index in [4.69, 9.17) is 26.2 Å². The molecule has 0 saturated heterocycles. The minimum absolute atomic E-state index is 0.0795. The Balaban J connectivity index is 1.24. The molecule has 0 spiro atoms. The number of nitrogens with one attached hydrogen (secondary N) is 1. The molecule has 2 aromatic heterocycles. The van der Waals surface area contributed by atoms with Gasteiger partial charge < -0.3 is 26.2 Å². The van der Waals surface area contributed by atoms with Crippen LogP contribution in [0.5, 0.6) is 0 Å². The lowest BCUT2D eigenvalue weighted by Gasteiger charge is -2.50. The Morgan fingerprint density at radius 2 is 1.93 bits per heavy atom. The fourth-order valence-electron chi connectivity index (χ4n) is 9.10. The number of carbonyl (C=O) groups excluding carboxylic acids is 1. The van der Waals surface area contributed by atoms with Crippen LogP contribution in [0.1, 0.15) is 104 Å². The van der Waals surface area contributed by atoms with Gasteiger partial charge in [-0.3, -0.25) is 15.1 Å². The van der Waals surface area contributed by atoms with Crippen LogP contribution in [-0.4, -0.2) is 64.5 Å². The zero-order valence-corrected chi connectivity index (χ0v) is 33.5. The summed E-state index contributed by atoms with van der Waals surface area (Å²) in [6.07, 6.45) is 6.97. The number of carboxylic acids is 1. The van der Waals surface area contributed by atoms with E-state index in [2.05, 4.69) is 38.0 Å². The number of allylic oxidation sites excluding steroid dienone is 1. The van der Waals surface area contributed by atoms with Gasteiger partial charge in [-0.05, 0) is 104 Å². The molecule has 55 heavy (non-hydrogen) atoms. The molecule has 6 rings (SSSR count). The number of carbonyl (C=O) groups is 2. The van der Waals surface area contributed by atoms with E-state index in [-0.39, 0.29) is 22.6 Å². The van der Waals surface area contributed by atoms with Crippen LogP contribution in [0.15, 0.2) is 65.8 Å². The van der Waals surface area contributed by atoms with Crippen molar-refractivity contribution in [3.63, 3.8) is 0 Å². The highest BCUT2D eigenvalue weighted by Gasteiger charge is 2.47. The number of aliphatic imine (C=N–C) groups is 1. The van der Waals surface area contributed by atoms with E-state index < -0.39 is 5.97 Å². The Kier molecular flexibility index (Phi) is 12.4. The van der Waals surface area contributed by atoms with Crippen LogP contribution in [0.2, 0.25) is 0 Å². The number of ether oxygens (including phenoxy) is 1. The van der Waals surface area contributed by atoms with Gasteiger partial charge in [0.15, 0.2) is 10.8 Å². The second-order valence-electron chi connectivity index (χ2n) is 15.9. The number of nitrogens with two attached hydrogens (primary N) is 2. The topological polar surface area (TPSA) is 169 Å². The highest BCUT2D eigenvalue weighted by molar-refractivity contribution is 7.22.